The molecule has 0 bridgehead atoms. The van der Waals surface area contributed by atoms with Gasteiger partial charge in [0.25, 0.3) is 0 Å². The maximum Gasteiger partial charge on any atom is 0.107 e. The Labute approximate surface area is 91.5 Å². The lowest BCUT2D eigenvalue weighted by Crippen LogP contribution is -2.34. The zero-order valence-electron chi connectivity index (χ0n) is 9.45. The lowest BCUT2D eigenvalue weighted by atomic mass is 9.78. The van der Waals surface area contributed by atoms with Crippen molar-refractivity contribution in [3.8, 4) is 0 Å². The van der Waals surface area contributed by atoms with E-state index in [9.17, 15) is 0 Å². The van der Waals surface area contributed by atoms with Gasteiger partial charge < -0.3 is 10.7 Å². The first-order valence-corrected chi connectivity index (χ1v) is 5.99. The monoisotopic (exact) mass is 207 g/mol. The van der Waals surface area contributed by atoms with Gasteiger partial charge in [-0.2, -0.15) is 0 Å². The summed E-state index contributed by atoms with van der Waals surface area (Å²) in [6.07, 6.45) is 9.83. The molecule has 15 heavy (non-hydrogen) atoms. The molecule has 0 radical (unpaired) electrons. The van der Waals surface area contributed by atoms with E-state index < -0.39 is 0 Å². The highest BCUT2D eigenvalue weighted by molar-refractivity contribution is 4.92. The van der Waals surface area contributed by atoms with Gasteiger partial charge in [-0.15, -0.1) is 0 Å². The van der Waals surface area contributed by atoms with Crippen LogP contribution in [0, 0.1) is 11.8 Å². The standard InChI is InChI=1S/C12H21N3/c1-9-2-4-10(5-3-9)11(13)8-12-14-6-7-15-12/h6-7,9-11H,2-5,8,13H2,1H3,(H,14,15). The normalized spacial score (nSPS) is 28.9. The molecule has 1 heterocycles. The van der Waals surface area contributed by atoms with Crippen molar-refractivity contribution in [3.63, 3.8) is 0 Å². The van der Waals surface area contributed by atoms with Gasteiger partial charge in [0, 0.05) is 24.9 Å². The number of rotatable bonds is 3. The summed E-state index contributed by atoms with van der Waals surface area (Å²) in [5.41, 5.74) is 6.23. The van der Waals surface area contributed by atoms with Gasteiger partial charge in [-0.25, -0.2) is 4.98 Å². The van der Waals surface area contributed by atoms with Crippen LogP contribution in [0.2, 0.25) is 0 Å². The number of nitrogens with one attached hydrogen (secondary N) is 1. The molecule has 0 aromatic carbocycles. The van der Waals surface area contributed by atoms with Crippen LogP contribution in [0.5, 0.6) is 0 Å². The van der Waals surface area contributed by atoms with Gasteiger partial charge in [0.15, 0.2) is 0 Å². The first kappa shape index (κ1) is 10.7. The summed E-state index contributed by atoms with van der Waals surface area (Å²) in [6.45, 7) is 2.34. The maximum absolute atomic E-state index is 6.23. The summed E-state index contributed by atoms with van der Waals surface area (Å²) in [7, 11) is 0. The molecule has 0 amide bonds. The van der Waals surface area contributed by atoms with Crippen LogP contribution in [0.1, 0.15) is 38.4 Å². The van der Waals surface area contributed by atoms with E-state index in [0.29, 0.717) is 5.92 Å². The van der Waals surface area contributed by atoms with E-state index in [0.717, 1.165) is 18.2 Å². The molecule has 3 nitrogen and oxygen atoms in total. The Morgan fingerprint density at radius 3 is 2.80 bits per heavy atom. The first-order chi connectivity index (χ1) is 7.25. The number of hydrogen-bond donors (Lipinski definition) is 2. The molecular formula is C12H21N3. The highest BCUT2D eigenvalue weighted by Gasteiger charge is 2.24. The minimum absolute atomic E-state index is 0.281. The van der Waals surface area contributed by atoms with Crippen molar-refractivity contribution in [2.45, 2.75) is 45.1 Å². The van der Waals surface area contributed by atoms with Crippen LogP contribution in [-0.2, 0) is 6.42 Å². The summed E-state index contributed by atoms with van der Waals surface area (Å²) in [5.74, 6) is 2.63. The van der Waals surface area contributed by atoms with Crippen molar-refractivity contribution in [1.82, 2.24) is 9.97 Å². The van der Waals surface area contributed by atoms with Gasteiger partial charge in [0.1, 0.15) is 5.82 Å². The number of H-pyrrole nitrogens is 1. The third kappa shape index (κ3) is 2.81. The topological polar surface area (TPSA) is 54.7 Å². The molecule has 1 fully saturated rings. The third-order valence-corrected chi connectivity index (χ3v) is 3.65. The number of imidazole rings is 1. The van der Waals surface area contributed by atoms with E-state index in [1.54, 1.807) is 6.20 Å². The maximum atomic E-state index is 6.23. The van der Waals surface area contributed by atoms with Gasteiger partial charge in [0.05, 0.1) is 0 Å². The molecule has 1 aliphatic rings. The van der Waals surface area contributed by atoms with E-state index in [-0.39, 0.29) is 6.04 Å². The number of aromatic nitrogens is 2. The summed E-state index contributed by atoms with van der Waals surface area (Å²) in [6, 6.07) is 0.281. The van der Waals surface area contributed by atoms with Gasteiger partial charge in [-0.3, -0.25) is 0 Å². The summed E-state index contributed by atoms with van der Waals surface area (Å²) in [4.78, 5) is 7.36. The summed E-state index contributed by atoms with van der Waals surface area (Å²) in [5, 5.41) is 0. The number of nitrogens with zero attached hydrogens (tertiary/aromatic N) is 1. The summed E-state index contributed by atoms with van der Waals surface area (Å²) < 4.78 is 0. The molecule has 3 heteroatoms. The fourth-order valence-corrected chi connectivity index (χ4v) is 2.51. The Hall–Kier alpha value is -0.830. The van der Waals surface area contributed by atoms with E-state index in [1.165, 1.54) is 25.7 Å². The van der Waals surface area contributed by atoms with Crippen molar-refractivity contribution in [1.29, 1.82) is 0 Å². The molecule has 3 N–H and O–H groups in total. The van der Waals surface area contributed by atoms with Crippen LogP contribution >= 0.6 is 0 Å². The average molecular weight is 207 g/mol. The van der Waals surface area contributed by atoms with Crippen molar-refractivity contribution in [2.24, 2.45) is 17.6 Å². The molecule has 1 atom stereocenters. The van der Waals surface area contributed by atoms with Crippen molar-refractivity contribution >= 4 is 0 Å². The largest absolute Gasteiger partial charge is 0.349 e. The smallest absolute Gasteiger partial charge is 0.107 e. The second-order valence-electron chi connectivity index (χ2n) is 4.92. The molecule has 0 spiro atoms. The minimum Gasteiger partial charge on any atom is -0.349 e. The van der Waals surface area contributed by atoms with Crippen molar-refractivity contribution in [3.05, 3.63) is 18.2 Å². The molecule has 1 aromatic heterocycles. The van der Waals surface area contributed by atoms with E-state index in [4.69, 9.17) is 5.73 Å². The lowest BCUT2D eigenvalue weighted by molar-refractivity contribution is 0.252. The molecular weight excluding hydrogens is 186 g/mol. The van der Waals surface area contributed by atoms with Crippen LogP contribution in [0.4, 0.5) is 0 Å². The van der Waals surface area contributed by atoms with E-state index in [1.807, 2.05) is 6.20 Å². The fourth-order valence-electron chi connectivity index (χ4n) is 2.51. The lowest BCUT2D eigenvalue weighted by Gasteiger charge is -2.30. The Morgan fingerprint density at radius 2 is 2.20 bits per heavy atom. The molecule has 1 saturated carbocycles. The molecule has 84 valence electrons. The van der Waals surface area contributed by atoms with Gasteiger partial charge in [-0.05, 0) is 24.7 Å². The minimum atomic E-state index is 0.281. The molecule has 1 aliphatic carbocycles. The van der Waals surface area contributed by atoms with Crippen LogP contribution in [0.3, 0.4) is 0 Å². The Balaban J connectivity index is 1.83. The van der Waals surface area contributed by atoms with Gasteiger partial charge >= 0.3 is 0 Å². The molecule has 0 aliphatic heterocycles. The van der Waals surface area contributed by atoms with Crippen molar-refractivity contribution < 1.29 is 0 Å². The second-order valence-corrected chi connectivity index (χ2v) is 4.92. The van der Waals surface area contributed by atoms with E-state index >= 15 is 0 Å². The predicted molar refractivity (Wildman–Crippen MR) is 61.4 cm³/mol. The number of aromatic amines is 1. The zero-order chi connectivity index (χ0) is 10.7. The average Bonchev–Trinajstić information content (AvgIpc) is 2.71. The van der Waals surface area contributed by atoms with Crippen molar-refractivity contribution in [2.75, 3.05) is 0 Å². The van der Waals surface area contributed by atoms with Crippen LogP contribution in [0.25, 0.3) is 0 Å². The van der Waals surface area contributed by atoms with Gasteiger partial charge in [-0.1, -0.05) is 19.8 Å². The van der Waals surface area contributed by atoms with Gasteiger partial charge in [0.2, 0.25) is 0 Å². The second kappa shape index (κ2) is 4.79. The van der Waals surface area contributed by atoms with Crippen LogP contribution < -0.4 is 5.73 Å². The molecule has 0 saturated heterocycles. The predicted octanol–water partition coefficient (Wildman–Crippen LogP) is 2.11. The quantitative estimate of drug-likeness (QED) is 0.797. The highest BCUT2D eigenvalue weighted by atomic mass is 14.9. The fraction of sp³-hybridized carbons (Fsp3) is 0.750. The first-order valence-electron chi connectivity index (χ1n) is 5.99. The molecule has 1 unspecified atom stereocenters. The number of nitrogens with two attached hydrogens (primary N) is 1. The van der Waals surface area contributed by atoms with Crippen LogP contribution in [0.15, 0.2) is 12.4 Å². The zero-order valence-corrected chi connectivity index (χ0v) is 9.45. The summed E-state index contributed by atoms with van der Waals surface area (Å²) >= 11 is 0. The SMILES string of the molecule is CC1CCC(C(N)Cc2ncc[nH]2)CC1. The Bertz CT molecular complexity index is 273. The highest BCUT2D eigenvalue weighted by Crippen LogP contribution is 2.30. The molecule has 1 aromatic rings. The molecule has 2 rings (SSSR count). The Morgan fingerprint density at radius 1 is 1.47 bits per heavy atom. The third-order valence-electron chi connectivity index (χ3n) is 3.65. The Kier molecular flexibility index (Phi) is 3.41. The van der Waals surface area contributed by atoms with E-state index in [2.05, 4.69) is 16.9 Å². The number of hydrogen-bond acceptors (Lipinski definition) is 2. The van der Waals surface area contributed by atoms with Crippen LogP contribution in [-0.4, -0.2) is 16.0 Å².